The fourth-order valence-electron chi connectivity index (χ4n) is 1.61. The highest BCUT2D eigenvalue weighted by Crippen LogP contribution is 2.19. The second kappa shape index (κ2) is 6.01. The van der Waals surface area contributed by atoms with Gasteiger partial charge in [0, 0.05) is 6.54 Å². The molecule has 0 heterocycles. The molecule has 1 rings (SSSR count). The molecule has 1 aliphatic carbocycles. The van der Waals surface area contributed by atoms with Gasteiger partial charge in [0.05, 0.1) is 0 Å². The van der Waals surface area contributed by atoms with Crippen LogP contribution in [0.15, 0.2) is 24.8 Å². The summed E-state index contributed by atoms with van der Waals surface area (Å²) in [5.74, 6) is 0.830. The fourth-order valence-corrected chi connectivity index (χ4v) is 1.61. The molecule has 1 aliphatic rings. The van der Waals surface area contributed by atoms with E-state index in [0.717, 1.165) is 19.0 Å². The molecule has 0 spiro atoms. The molecule has 0 aromatic carbocycles. The normalized spacial score (nSPS) is 22.5. The highest BCUT2D eigenvalue weighted by atomic mass is 14.8. The van der Waals surface area contributed by atoms with Crippen LogP contribution in [0, 0.1) is 5.92 Å². The number of nitrogens with one attached hydrogen (secondary N) is 1. The Bertz CT molecular complexity index is 149. The molecule has 1 unspecified atom stereocenters. The molecule has 68 valence electrons. The van der Waals surface area contributed by atoms with E-state index in [1.54, 1.807) is 0 Å². The van der Waals surface area contributed by atoms with Crippen molar-refractivity contribution >= 4 is 0 Å². The van der Waals surface area contributed by atoms with Crippen LogP contribution >= 0.6 is 0 Å². The van der Waals surface area contributed by atoms with Crippen LogP contribution in [-0.4, -0.2) is 13.1 Å². The van der Waals surface area contributed by atoms with Gasteiger partial charge in [-0.1, -0.05) is 18.2 Å². The van der Waals surface area contributed by atoms with E-state index in [4.69, 9.17) is 0 Å². The minimum absolute atomic E-state index is 0.830. The molecule has 0 saturated carbocycles. The Morgan fingerprint density at radius 1 is 1.58 bits per heavy atom. The summed E-state index contributed by atoms with van der Waals surface area (Å²) in [6.45, 7) is 5.74. The summed E-state index contributed by atoms with van der Waals surface area (Å²) in [7, 11) is 0. The van der Waals surface area contributed by atoms with E-state index in [9.17, 15) is 0 Å². The van der Waals surface area contributed by atoms with Gasteiger partial charge < -0.3 is 5.32 Å². The summed E-state index contributed by atoms with van der Waals surface area (Å²) >= 11 is 0. The zero-order valence-electron chi connectivity index (χ0n) is 7.76. The molecule has 0 bridgehead atoms. The maximum absolute atomic E-state index is 3.67. The third kappa shape index (κ3) is 3.72. The van der Waals surface area contributed by atoms with Crippen molar-refractivity contribution in [3.05, 3.63) is 24.8 Å². The number of rotatable bonds is 5. The Morgan fingerprint density at radius 2 is 2.50 bits per heavy atom. The van der Waals surface area contributed by atoms with Gasteiger partial charge in [-0.15, -0.1) is 6.58 Å². The standard InChI is InChI=1S/C11H19N/c1-2-9-12-10-8-11-6-4-3-5-7-11/h2,4,6,11-12H,1,3,5,7-10H2. The van der Waals surface area contributed by atoms with Gasteiger partial charge >= 0.3 is 0 Å². The van der Waals surface area contributed by atoms with Crippen molar-refractivity contribution in [2.45, 2.75) is 25.7 Å². The maximum atomic E-state index is 3.67. The Kier molecular flexibility index (Phi) is 4.77. The van der Waals surface area contributed by atoms with E-state index in [2.05, 4.69) is 24.0 Å². The molecule has 1 atom stereocenters. The third-order valence-corrected chi connectivity index (χ3v) is 2.33. The van der Waals surface area contributed by atoms with Crippen LogP contribution in [0.4, 0.5) is 0 Å². The van der Waals surface area contributed by atoms with Gasteiger partial charge in [-0.05, 0) is 38.1 Å². The summed E-state index contributed by atoms with van der Waals surface area (Å²) in [4.78, 5) is 0. The molecule has 12 heavy (non-hydrogen) atoms. The Hall–Kier alpha value is -0.560. The van der Waals surface area contributed by atoms with Gasteiger partial charge in [0.25, 0.3) is 0 Å². The topological polar surface area (TPSA) is 12.0 Å². The largest absolute Gasteiger partial charge is 0.313 e. The fraction of sp³-hybridized carbons (Fsp3) is 0.636. The zero-order chi connectivity index (χ0) is 8.65. The Balaban J connectivity index is 2.01. The zero-order valence-corrected chi connectivity index (χ0v) is 7.76. The Morgan fingerprint density at radius 3 is 3.17 bits per heavy atom. The Labute approximate surface area is 75.6 Å². The van der Waals surface area contributed by atoms with Gasteiger partial charge in [-0.3, -0.25) is 0 Å². The molecule has 0 fully saturated rings. The van der Waals surface area contributed by atoms with Gasteiger partial charge in [-0.25, -0.2) is 0 Å². The second-order valence-electron chi connectivity index (χ2n) is 3.40. The van der Waals surface area contributed by atoms with Crippen molar-refractivity contribution in [2.75, 3.05) is 13.1 Å². The molecule has 0 radical (unpaired) electrons. The molecule has 1 nitrogen and oxygen atoms in total. The van der Waals surface area contributed by atoms with Crippen molar-refractivity contribution in [1.82, 2.24) is 5.32 Å². The summed E-state index contributed by atoms with van der Waals surface area (Å²) < 4.78 is 0. The summed E-state index contributed by atoms with van der Waals surface area (Å²) in [5, 5.41) is 3.33. The summed E-state index contributed by atoms with van der Waals surface area (Å²) in [6.07, 6.45) is 11.9. The first kappa shape index (κ1) is 9.53. The highest BCUT2D eigenvalue weighted by Gasteiger charge is 2.06. The smallest absolute Gasteiger partial charge is 0.0132 e. The highest BCUT2D eigenvalue weighted by molar-refractivity contribution is 4.93. The van der Waals surface area contributed by atoms with Gasteiger partial charge in [0.1, 0.15) is 0 Å². The number of allylic oxidation sites excluding steroid dienone is 2. The van der Waals surface area contributed by atoms with Crippen molar-refractivity contribution in [1.29, 1.82) is 0 Å². The van der Waals surface area contributed by atoms with Crippen LogP contribution in [0.5, 0.6) is 0 Å². The van der Waals surface area contributed by atoms with Crippen molar-refractivity contribution in [3.8, 4) is 0 Å². The van der Waals surface area contributed by atoms with Gasteiger partial charge in [0.15, 0.2) is 0 Å². The van der Waals surface area contributed by atoms with Crippen LogP contribution in [-0.2, 0) is 0 Å². The third-order valence-electron chi connectivity index (χ3n) is 2.33. The summed E-state index contributed by atoms with van der Waals surface area (Å²) in [6, 6.07) is 0. The average molecular weight is 165 g/mol. The predicted octanol–water partition coefficient (Wildman–Crippen LogP) is 2.51. The monoisotopic (exact) mass is 165 g/mol. The van der Waals surface area contributed by atoms with E-state index >= 15 is 0 Å². The minimum Gasteiger partial charge on any atom is -0.313 e. The molecule has 0 aliphatic heterocycles. The van der Waals surface area contributed by atoms with Crippen molar-refractivity contribution < 1.29 is 0 Å². The lowest BCUT2D eigenvalue weighted by atomic mass is 9.93. The number of hydrogen-bond donors (Lipinski definition) is 1. The first-order chi connectivity index (χ1) is 5.93. The van der Waals surface area contributed by atoms with Crippen molar-refractivity contribution in [3.63, 3.8) is 0 Å². The minimum atomic E-state index is 0.830. The van der Waals surface area contributed by atoms with E-state index in [1.807, 2.05) is 6.08 Å². The van der Waals surface area contributed by atoms with Crippen LogP contribution in [0.3, 0.4) is 0 Å². The van der Waals surface area contributed by atoms with Crippen LogP contribution in [0.2, 0.25) is 0 Å². The van der Waals surface area contributed by atoms with Crippen molar-refractivity contribution in [2.24, 2.45) is 5.92 Å². The molecule has 1 heteroatoms. The van der Waals surface area contributed by atoms with Gasteiger partial charge in [-0.2, -0.15) is 0 Å². The van der Waals surface area contributed by atoms with E-state index < -0.39 is 0 Å². The first-order valence-electron chi connectivity index (χ1n) is 4.92. The van der Waals surface area contributed by atoms with Crippen LogP contribution < -0.4 is 5.32 Å². The van der Waals surface area contributed by atoms with Gasteiger partial charge in [0.2, 0.25) is 0 Å². The molecule has 0 saturated heterocycles. The second-order valence-corrected chi connectivity index (χ2v) is 3.40. The lowest BCUT2D eigenvalue weighted by Gasteiger charge is -2.15. The SMILES string of the molecule is C=CCNCCC1C=CCCC1. The van der Waals surface area contributed by atoms with Crippen LogP contribution in [0.25, 0.3) is 0 Å². The molecule has 0 aromatic rings. The average Bonchev–Trinajstić information content (AvgIpc) is 2.14. The lowest BCUT2D eigenvalue weighted by Crippen LogP contribution is -2.18. The first-order valence-corrected chi connectivity index (χ1v) is 4.92. The van der Waals surface area contributed by atoms with Crippen LogP contribution in [0.1, 0.15) is 25.7 Å². The molecule has 1 N–H and O–H groups in total. The summed E-state index contributed by atoms with van der Waals surface area (Å²) in [5.41, 5.74) is 0. The molecular weight excluding hydrogens is 146 g/mol. The lowest BCUT2D eigenvalue weighted by molar-refractivity contribution is 0.490. The molecule has 0 aromatic heterocycles. The predicted molar refractivity (Wildman–Crippen MR) is 54.2 cm³/mol. The van der Waals surface area contributed by atoms with E-state index in [1.165, 1.54) is 25.7 Å². The van der Waals surface area contributed by atoms with E-state index in [0.29, 0.717) is 0 Å². The molecule has 0 amide bonds. The quantitative estimate of drug-likeness (QED) is 0.487. The maximum Gasteiger partial charge on any atom is 0.0132 e. The molecular formula is C11H19N. The van der Waals surface area contributed by atoms with E-state index in [-0.39, 0.29) is 0 Å². The number of hydrogen-bond acceptors (Lipinski definition) is 1.